The van der Waals surface area contributed by atoms with Crippen molar-refractivity contribution in [1.29, 1.82) is 0 Å². The van der Waals surface area contributed by atoms with Crippen molar-refractivity contribution < 1.29 is 23.8 Å². The molecule has 1 saturated heterocycles. The minimum Gasteiger partial charge on any atom is -0.496 e. The highest BCUT2D eigenvalue weighted by atomic mass is 32.2. The van der Waals surface area contributed by atoms with Gasteiger partial charge in [0.25, 0.3) is 0 Å². The number of allylic oxidation sites excluding steroid dienone is 1. The van der Waals surface area contributed by atoms with Gasteiger partial charge in [-0.2, -0.15) is 0 Å². The molecule has 1 aromatic carbocycles. The number of thioether (sulfide) groups is 1. The number of fused-ring (bicyclic) bond motifs is 1. The molecule has 36 heavy (non-hydrogen) atoms. The van der Waals surface area contributed by atoms with Gasteiger partial charge in [0.2, 0.25) is 5.91 Å². The number of methoxy groups -OCH3 is 2. The van der Waals surface area contributed by atoms with E-state index < -0.39 is 12.0 Å². The maximum absolute atomic E-state index is 13.0. The average molecular weight is 515 g/mol. The van der Waals surface area contributed by atoms with E-state index in [0.717, 1.165) is 55.7 Å². The van der Waals surface area contributed by atoms with E-state index in [1.165, 1.54) is 18.9 Å². The highest BCUT2D eigenvalue weighted by Crippen LogP contribution is 2.47. The summed E-state index contributed by atoms with van der Waals surface area (Å²) in [5.41, 5.74) is 2.75. The minimum absolute atomic E-state index is 0.0614. The molecule has 1 N–H and O–H groups in total. The topological polar surface area (TPSA) is 92.7 Å². The van der Waals surface area contributed by atoms with Gasteiger partial charge in [0.05, 0.1) is 51.2 Å². The van der Waals surface area contributed by atoms with Crippen molar-refractivity contribution in [2.24, 2.45) is 4.99 Å². The van der Waals surface area contributed by atoms with Gasteiger partial charge in [-0.05, 0) is 30.9 Å². The average Bonchev–Trinajstić information content (AvgIpc) is 3.32. The fraction of sp³-hybridized carbons (Fsp3) is 0.500. The normalized spacial score (nSPS) is 20.0. The molecule has 1 fully saturated rings. The Bertz CT molecular complexity index is 1060. The van der Waals surface area contributed by atoms with Crippen molar-refractivity contribution in [3.63, 3.8) is 0 Å². The van der Waals surface area contributed by atoms with Crippen molar-refractivity contribution >= 4 is 28.8 Å². The summed E-state index contributed by atoms with van der Waals surface area (Å²) in [6, 6.07) is 7.11. The molecule has 10 heteroatoms. The van der Waals surface area contributed by atoms with E-state index in [4.69, 9.17) is 19.2 Å². The predicted molar refractivity (Wildman–Crippen MR) is 140 cm³/mol. The number of ether oxygens (including phenoxy) is 3. The van der Waals surface area contributed by atoms with Crippen LogP contribution in [0.3, 0.4) is 0 Å². The summed E-state index contributed by atoms with van der Waals surface area (Å²) < 4.78 is 16.2. The van der Waals surface area contributed by atoms with E-state index in [9.17, 15) is 9.59 Å². The van der Waals surface area contributed by atoms with Gasteiger partial charge in [-0.3, -0.25) is 9.69 Å². The minimum atomic E-state index is -0.508. The molecule has 194 valence electrons. The fourth-order valence-corrected chi connectivity index (χ4v) is 5.62. The Labute approximate surface area is 216 Å². The Kier molecular flexibility index (Phi) is 9.06. The number of benzene rings is 1. The SMILES string of the molecule is CCC1=C(C(=O)OC)C(c2ccccc2OC)N2C(CC(=O)NCCCN3CCOCC3)=CSC2=N1. The lowest BCUT2D eigenvalue weighted by Gasteiger charge is -2.37. The number of hydrogen-bond donors (Lipinski definition) is 1. The number of nitrogens with one attached hydrogen (secondary N) is 1. The van der Waals surface area contributed by atoms with Crippen LogP contribution < -0.4 is 10.1 Å². The van der Waals surface area contributed by atoms with Gasteiger partial charge >= 0.3 is 5.97 Å². The molecule has 4 rings (SSSR count). The van der Waals surface area contributed by atoms with Crippen molar-refractivity contribution in [3.8, 4) is 5.75 Å². The van der Waals surface area contributed by atoms with Crippen LogP contribution in [0.15, 0.2) is 51.6 Å². The quantitative estimate of drug-likeness (QED) is 0.376. The predicted octanol–water partition coefficient (Wildman–Crippen LogP) is 3.06. The van der Waals surface area contributed by atoms with Gasteiger partial charge in [-0.1, -0.05) is 36.9 Å². The van der Waals surface area contributed by atoms with Crippen LogP contribution in [0.25, 0.3) is 0 Å². The molecule has 3 aliphatic heterocycles. The molecule has 0 aromatic heterocycles. The number of rotatable bonds is 10. The summed E-state index contributed by atoms with van der Waals surface area (Å²) in [5, 5.41) is 5.73. The van der Waals surface area contributed by atoms with E-state index in [0.29, 0.717) is 30.0 Å². The number of amides is 1. The van der Waals surface area contributed by atoms with Crippen LogP contribution >= 0.6 is 11.8 Å². The molecule has 0 spiro atoms. The van der Waals surface area contributed by atoms with E-state index >= 15 is 0 Å². The van der Waals surface area contributed by atoms with E-state index in [-0.39, 0.29) is 12.3 Å². The van der Waals surface area contributed by atoms with Crippen LogP contribution in [0.5, 0.6) is 5.75 Å². The van der Waals surface area contributed by atoms with Gasteiger partial charge in [-0.25, -0.2) is 9.79 Å². The first-order chi connectivity index (χ1) is 17.6. The Balaban J connectivity index is 1.51. The third-order valence-corrected chi connectivity index (χ3v) is 7.37. The number of carbonyl (C=O) groups excluding carboxylic acids is 2. The molecule has 9 nitrogen and oxygen atoms in total. The molecular formula is C26H34N4O5S. The summed E-state index contributed by atoms with van der Waals surface area (Å²) in [5.74, 6) is 0.160. The third-order valence-electron chi connectivity index (χ3n) is 6.48. The van der Waals surface area contributed by atoms with Crippen LogP contribution in [0.2, 0.25) is 0 Å². The van der Waals surface area contributed by atoms with Crippen LogP contribution in [0.4, 0.5) is 0 Å². The molecule has 1 atom stereocenters. The standard InChI is InChI=1S/C26H34N4O5S/c1-4-20-23(25(32)34-3)24(19-8-5-6-9-21(19)33-2)30-18(17-36-26(30)28-20)16-22(31)27-10-7-11-29-12-14-35-15-13-29/h5-6,8-9,17,24H,4,7,10-16H2,1-3H3,(H,27,31). The molecule has 0 radical (unpaired) electrons. The van der Waals surface area contributed by atoms with E-state index in [1.807, 2.05) is 41.5 Å². The van der Waals surface area contributed by atoms with Crippen molar-refractivity contribution in [1.82, 2.24) is 15.1 Å². The van der Waals surface area contributed by atoms with Crippen LogP contribution in [0, 0.1) is 0 Å². The highest BCUT2D eigenvalue weighted by Gasteiger charge is 2.42. The summed E-state index contributed by atoms with van der Waals surface area (Å²) in [6.07, 6.45) is 1.65. The van der Waals surface area contributed by atoms with E-state index in [1.54, 1.807) is 7.11 Å². The Morgan fingerprint density at radius 3 is 2.72 bits per heavy atom. The first kappa shape index (κ1) is 26.2. The number of nitrogens with zero attached hydrogens (tertiary/aromatic N) is 3. The summed E-state index contributed by atoms with van der Waals surface area (Å²) in [6.45, 7) is 6.94. The van der Waals surface area contributed by atoms with Crippen molar-refractivity contribution in [3.05, 3.63) is 52.2 Å². The maximum Gasteiger partial charge on any atom is 0.338 e. The maximum atomic E-state index is 13.0. The van der Waals surface area contributed by atoms with Gasteiger partial charge in [0.1, 0.15) is 5.75 Å². The van der Waals surface area contributed by atoms with Crippen LogP contribution in [0.1, 0.15) is 37.8 Å². The number of carbonyl (C=O) groups is 2. The first-order valence-corrected chi connectivity index (χ1v) is 13.2. The molecule has 1 aromatic rings. The van der Waals surface area contributed by atoms with Gasteiger partial charge < -0.3 is 24.4 Å². The summed E-state index contributed by atoms with van der Waals surface area (Å²) in [4.78, 5) is 35.0. The second kappa shape index (κ2) is 12.4. The summed E-state index contributed by atoms with van der Waals surface area (Å²) >= 11 is 1.46. The first-order valence-electron chi connectivity index (χ1n) is 12.3. The molecule has 3 heterocycles. The van der Waals surface area contributed by atoms with Crippen molar-refractivity contribution in [2.45, 2.75) is 32.2 Å². The number of hydrogen-bond acceptors (Lipinski definition) is 9. The largest absolute Gasteiger partial charge is 0.496 e. The number of para-hydroxylation sites is 1. The summed E-state index contributed by atoms with van der Waals surface area (Å²) in [7, 11) is 2.99. The molecule has 0 saturated carbocycles. The third kappa shape index (κ3) is 5.77. The van der Waals surface area contributed by atoms with Crippen molar-refractivity contribution in [2.75, 3.05) is 53.6 Å². The number of esters is 1. The molecule has 0 aliphatic carbocycles. The van der Waals surface area contributed by atoms with Gasteiger partial charge in [-0.15, -0.1) is 0 Å². The highest BCUT2D eigenvalue weighted by molar-refractivity contribution is 8.16. The lowest BCUT2D eigenvalue weighted by atomic mass is 9.92. The Morgan fingerprint density at radius 1 is 1.22 bits per heavy atom. The lowest BCUT2D eigenvalue weighted by Crippen LogP contribution is -2.39. The van der Waals surface area contributed by atoms with Crippen LogP contribution in [-0.4, -0.2) is 80.5 Å². The zero-order chi connectivity index (χ0) is 25.5. The Morgan fingerprint density at radius 2 is 2.00 bits per heavy atom. The number of morpholine rings is 1. The molecular weight excluding hydrogens is 480 g/mol. The smallest absolute Gasteiger partial charge is 0.338 e. The monoisotopic (exact) mass is 514 g/mol. The molecule has 0 bridgehead atoms. The van der Waals surface area contributed by atoms with Gasteiger partial charge in [0.15, 0.2) is 5.17 Å². The second-order valence-corrected chi connectivity index (χ2v) is 9.51. The zero-order valence-corrected chi connectivity index (χ0v) is 21.9. The van der Waals surface area contributed by atoms with Crippen LogP contribution in [-0.2, 0) is 19.1 Å². The zero-order valence-electron chi connectivity index (χ0n) is 21.1. The van der Waals surface area contributed by atoms with E-state index in [2.05, 4.69) is 10.2 Å². The number of aliphatic imine (C=N–C) groups is 1. The Hall–Kier alpha value is -2.82. The van der Waals surface area contributed by atoms with Gasteiger partial charge in [0, 0.05) is 30.9 Å². The fourth-order valence-electron chi connectivity index (χ4n) is 4.68. The molecule has 1 unspecified atom stereocenters. The second-order valence-electron chi connectivity index (χ2n) is 8.68. The lowest BCUT2D eigenvalue weighted by molar-refractivity contribution is -0.136. The molecule has 3 aliphatic rings. The molecule has 1 amide bonds. The number of amidine groups is 1.